The number of anilines is 1. The van der Waals surface area contributed by atoms with Crippen LogP contribution in [0.4, 0.5) is 5.82 Å². The lowest BCUT2D eigenvalue weighted by Crippen LogP contribution is -2.30. The number of esters is 1. The van der Waals surface area contributed by atoms with Crippen LogP contribution in [-0.4, -0.2) is 74.6 Å². The largest absolute Gasteiger partial charge is 0.465 e. The fourth-order valence-electron chi connectivity index (χ4n) is 3.66. The smallest absolute Gasteiger partial charge is 0.340 e. The van der Waals surface area contributed by atoms with Crippen LogP contribution in [0.5, 0.6) is 0 Å². The third kappa shape index (κ3) is 5.88. The van der Waals surface area contributed by atoms with E-state index in [2.05, 4.69) is 15.0 Å². The van der Waals surface area contributed by atoms with Gasteiger partial charge in [0.05, 0.1) is 35.1 Å². The Hall–Kier alpha value is -3.32. The first-order chi connectivity index (χ1) is 18.3. The normalized spacial score (nSPS) is 14.1. The third-order valence-corrected chi connectivity index (χ3v) is 9.19. The number of carbonyl (C=O) groups is 3. The quantitative estimate of drug-likeness (QED) is 0.171. The molecule has 3 heterocycles. The predicted molar refractivity (Wildman–Crippen MR) is 138 cm³/mol. The lowest BCUT2D eigenvalue weighted by molar-refractivity contribution is -0.141. The molecule has 13 nitrogen and oxygen atoms in total. The highest BCUT2D eigenvalue weighted by molar-refractivity contribution is 8.05. The number of amides is 2. The van der Waals surface area contributed by atoms with Crippen molar-refractivity contribution in [2.75, 3.05) is 36.8 Å². The number of benzene rings is 1. The number of aromatic nitrogens is 4. The van der Waals surface area contributed by atoms with Gasteiger partial charge >= 0.3 is 13.6 Å². The van der Waals surface area contributed by atoms with E-state index in [0.717, 1.165) is 4.90 Å². The minimum absolute atomic E-state index is 0.00795. The molecule has 0 saturated heterocycles. The topological polar surface area (TPSA) is 152 Å². The Morgan fingerprint density at radius 2 is 1.68 bits per heavy atom. The second-order valence-electron chi connectivity index (χ2n) is 7.89. The number of imidazole rings is 1. The molecule has 0 saturated carbocycles. The van der Waals surface area contributed by atoms with E-state index in [-0.39, 0.29) is 60.0 Å². The molecule has 202 valence electrons. The first kappa shape index (κ1) is 27.7. The molecule has 3 aromatic rings. The zero-order chi connectivity index (χ0) is 27.3. The number of ether oxygens (including phenoxy) is 1. The average molecular weight is 564 g/mol. The van der Waals surface area contributed by atoms with Gasteiger partial charge in [-0.1, -0.05) is 12.1 Å². The number of nitrogens with zero attached hydrogens (tertiary/aromatic N) is 5. The van der Waals surface area contributed by atoms with Gasteiger partial charge in [-0.3, -0.25) is 18.9 Å². The summed E-state index contributed by atoms with van der Waals surface area (Å²) in [5, 5.41) is -0.442. The van der Waals surface area contributed by atoms with Crippen molar-refractivity contribution in [1.29, 1.82) is 0 Å². The van der Waals surface area contributed by atoms with Crippen molar-refractivity contribution < 1.29 is 37.6 Å². The minimum Gasteiger partial charge on any atom is -0.465 e. The second-order valence-corrected chi connectivity index (χ2v) is 11.7. The van der Waals surface area contributed by atoms with E-state index in [1.54, 1.807) is 38.1 Å². The first-order valence-corrected chi connectivity index (χ1v) is 14.5. The molecule has 0 radical (unpaired) electrons. The van der Waals surface area contributed by atoms with Crippen molar-refractivity contribution in [2.24, 2.45) is 0 Å². The van der Waals surface area contributed by atoms with Gasteiger partial charge in [0.15, 0.2) is 11.3 Å². The molecular formula is C23H26N5O8PS. The van der Waals surface area contributed by atoms with Gasteiger partial charge in [0.25, 0.3) is 11.8 Å². The molecular weight excluding hydrogens is 537 g/mol. The number of carbonyl (C=O) groups excluding carboxylic acids is 3. The molecule has 15 heteroatoms. The van der Waals surface area contributed by atoms with Gasteiger partial charge in [-0.25, -0.2) is 19.9 Å². The molecule has 1 aliphatic rings. The van der Waals surface area contributed by atoms with Crippen molar-refractivity contribution in [3.8, 4) is 0 Å². The van der Waals surface area contributed by atoms with E-state index in [1.807, 2.05) is 0 Å². The van der Waals surface area contributed by atoms with E-state index >= 15 is 0 Å². The maximum absolute atomic E-state index is 12.9. The number of thioether (sulfide) groups is 1. The first-order valence-electron chi connectivity index (χ1n) is 11.7. The maximum atomic E-state index is 12.9. The Labute approximate surface area is 222 Å². The van der Waals surface area contributed by atoms with Crippen LogP contribution >= 0.6 is 19.4 Å². The van der Waals surface area contributed by atoms with E-state index < -0.39 is 30.6 Å². The summed E-state index contributed by atoms with van der Waals surface area (Å²) in [5.41, 5.74) is 0.990. The van der Waals surface area contributed by atoms with Crippen LogP contribution in [0.25, 0.3) is 11.2 Å². The van der Waals surface area contributed by atoms with Gasteiger partial charge in [-0.05, 0) is 26.0 Å². The summed E-state index contributed by atoms with van der Waals surface area (Å²) in [6.45, 7) is 5.16. The second kappa shape index (κ2) is 12.0. The third-order valence-electron chi connectivity index (χ3n) is 5.28. The van der Waals surface area contributed by atoms with Crippen molar-refractivity contribution in [1.82, 2.24) is 19.7 Å². The van der Waals surface area contributed by atoms with Crippen molar-refractivity contribution in [3.63, 3.8) is 0 Å². The molecule has 0 N–H and O–H groups in total. The number of hydrogen-bond acceptors (Lipinski definition) is 12. The average Bonchev–Trinajstić information content (AvgIpc) is 3.42. The van der Waals surface area contributed by atoms with Gasteiger partial charge < -0.3 is 18.6 Å². The number of rotatable bonds is 13. The SMILES string of the molecule is CCOP(=O)(CSC(COC(C)=O)COn1cnc2c(N3C(=O)c4ccccc4C3=O)ncnc21)OCC. The highest BCUT2D eigenvalue weighted by Crippen LogP contribution is 2.51. The monoisotopic (exact) mass is 563 g/mol. The molecule has 0 aliphatic carbocycles. The van der Waals surface area contributed by atoms with Crippen molar-refractivity contribution in [3.05, 3.63) is 48.0 Å². The molecule has 1 atom stereocenters. The molecule has 2 amide bonds. The summed E-state index contributed by atoms with van der Waals surface area (Å²) in [5.74, 6) is -1.46. The molecule has 1 aliphatic heterocycles. The maximum Gasteiger partial charge on any atom is 0.340 e. The van der Waals surface area contributed by atoms with Crippen LogP contribution in [-0.2, 0) is 23.1 Å². The zero-order valence-corrected chi connectivity index (χ0v) is 22.6. The van der Waals surface area contributed by atoms with Gasteiger partial charge in [0, 0.05) is 6.92 Å². The summed E-state index contributed by atoms with van der Waals surface area (Å²) in [6, 6.07) is 6.51. The Morgan fingerprint density at radius 3 is 2.29 bits per heavy atom. The Kier molecular flexibility index (Phi) is 8.77. The van der Waals surface area contributed by atoms with E-state index in [9.17, 15) is 18.9 Å². The lowest BCUT2D eigenvalue weighted by Gasteiger charge is -2.21. The van der Waals surface area contributed by atoms with Gasteiger partial charge in [0.2, 0.25) is 5.65 Å². The number of hydrogen-bond donors (Lipinski definition) is 0. The molecule has 38 heavy (non-hydrogen) atoms. The van der Waals surface area contributed by atoms with Crippen LogP contribution in [0.1, 0.15) is 41.5 Å². The van der Waals surface area contributed by atoms with Crippen molar-refractivity contribution in [2.45, 2.75) is 26.0 Å². The summed E-state index contributed by atoms with van der Waals surface area (Å²) >= 11 is 1.22. The molecule has 4 rings (SSSR count). The van der Waals surface area contributed by atoms with Crippen LogP contribution in [0.2, 0.25) is 0 Å². The number of fused-ring (bicyclic) bond motifs is 2. The van der Waals surface area contributed by atoms with Crippen LogP contribution in [0.15, 0.2) is 36.9 Å². The Bertz CT molecular complexity index is 1350. The van der Waals surface area contributed by atoms with E-state index in [1.165, 1.54) is 36.1 Å². The van der Waals surface area contributed by atoms with Crippen LogP contribution in [0.3, 0.4) is 0 Å². The van der Waals surface area contributed by atoms with Crippen LogP contribution < -0.4 is 9.74 Å². The molecule has 0 spiro atoms. The molecule has 0 fully saturated rings. The summed E-state index contributed by atoms with van der Waals surface area (Å²) < 4.78 is 29.9. The fraction of sp³-hybridized carbons (Fsp3) is 0.391. The van der Waals surface area contributed by atoms with Gasteiger partial charge in [0.1, 0.15) is 25.9 Å². The zero-order valence-electron chi connectivity index (χ0n) is 20.9. The van der Waals surface area contributed by atoms with Crippen molar-refractivity contribution >= 4 is 54.1 Å². The standard InChI is InChI=1S/C23H26N5O8PS/c1-4-35-37(32,36-5-2)14-38-16(10-33-15(3)29)11-34-27-13-26-19-20(27)24-12-25-21(19)28-22(30)17-8-6-7-9-18(17)23(28)31/h6-9,12-13,16H,4-5,10-11,14H2,1-3H3. The van der Waals surface area contributed by atoms with Gasteiger partial charge in [-0.2, -0.15) is 4.73 Å². The fourth-order valence-corrected chi connectivity index (χ4v) is 7.01. The number of imide groups is 1. The van der Waals surface area contributed by atoms with Gasteiger partial charge in [-0.15, -0.1) is 11.8 Å². The van der Waals surface area contributed by atoms with E-state index in [0.29, 0.717) is 0 Å². The Balaban J connectivity index is 1.52. The van der Waals surface area contributed by atoms with E-state index in [4.69, 9.17) is 18.6 Å². The summed E-state index contributed by atoms with van der Waals surface area (Å²) in [4.78, 5) is 56.7. The minimum atomic E-state index is -3.34. The molecule has 2 aromatic heterocycles. The molecule has 0 bridgehead atoms. The summed E-state index contributed by atoms with van der Waals surface area (Å²) in [6.07, 6.45) is 2.54. The molecule has 1 aromatic carbocycles. The Morgan fingerprint density at radius 1 is 1.03 bits per heavy atom. The predicted octanol–water partition coefficient (Wildman–Crippen LogP) is 2.94. The summed E-state index contributed by atoms with van der Waals surface area (Å²) in [7, 11) is -3.34. The lowest BCUT2D eigenvalue weighted by atomic mass is 10.1. The highest BCUT2D eigenvalue weighted by atomic mass is 32.2. The van der Waals surface area contributed by atoms with Crippen LogP contribution in [0, 0.1) is 0 Å². The molecule has 1 unspecified atom stereocenters. The highest BCUT2D eigenvalue weighted by Gasteiger charge is 2.38.